The second-order valence-electron chi connectivity index (χ2n) is 6.47. The van der Waals surface area contributed by atoms with E-state index >= 15 is 0 Å². The van der Waals surface area contributed by atoms with Crippen molar-refractivity contribution in [3.05, 3.63) is 58.6 Å². The van der Waals surface area contributed by atoms with Crippen LogP contribution in [0.4, 0.5) is 11.4 Å². The zero-order valence-corrected chi connectivity index (χ0v) is 15.5. The highest BCUT2D eigenvalue weighted by Crippen LogP contribution is 2.29. The van der Waals surface area contributed by atoms with Crippen molar-refractivity contribution in [2.45, 2.75) is 19.8 Å². The predicted octanol–water partition coefficient (Wildman–Crippen LogP) is 3.16. The lowest BCUT2D eigenvalue weighted by atomic mass is 10.1. The number of aryl methyl sites for hydroxylation is 2. The standard InChI is InChI=1S/C20H22ClN3O2/c1-14-2-4-15(5-3-14)6-9-19(25)23-16-7-8-18(17(21)12-16)24-11-10-22-20(26)13-24/h2-5,7-8,12H,6,9-11,13H2,1H3,(H,22,26)(H,23,25). The fourth-order valence-electron chi connectivity index (χ4n) is 2.92. The van der Waals surface area contributed by atoms with E-state index in [0.29, 0.717) is 43.2 Å². The molecule has 1 fully saturated rings. The van der Waals surface area contributed by atoms with Crippen LogP contribution in [0.1, 0.15) is 17.5 Å². The van der Waals surface area contributed by atoms with Gasteiger partial charge in [-0.05, 0) is 37.1 Å². The van der Waals surface area contributed by atoms with Crippen molar-refractivity contribution in [2.75, 3.05) is 29.9 Å². The molecule has 26 heavy (non-hydrogen) atoms. The molecule has 2 aromatic rings. The van der Waals surface area contributed by atoms with Crippen molar-refractivity contribution >= 4 is 34.8 Å². The number of benzene rings is 2. The SMILES string of the molecule is Cc1ccc(CCC(=O)Nc2ccc(N3CCNC(=O)C3)c(Cl)c2)cc1. The highest BCUT2D eigenvalue weighted by molar-refractivity contribution is 6.33. The van der Waals surface area contributed by atoms with Crippen LogP contribution in [-0.4, -0.2) is 31.4 Å². The molecule has 0 atom stereocenters. The van der Waals surface area contributed by atoms with Gasteiger partial charge in [0.15, 0.2) is 0 Å². The van der Waals surface area contributed by atoms with Gasteiger partial charge in [0, 0.05) is 25.2 Å². The Morgan fingerprint density at radius 3 is 2.69 bits per heavy atom. The van der Waals surface area contributed by atoms with Gasteiger partial charge in [0.05, 0.1) is 17.3 Å². The van der Waals surface area contributed by atoms with Crippen molar-refractivity contribution in [2.24, 2.45) is 0 Å². The van der Waals surface area contributed by atoms with Crippen molar-refractivity contribution in [3.63, 3.8) is 0 Å². The summed E-state index contributed by atoms with van der Waals surface area (Å²) in [4.78, 5) is 25.6. The van der Waals surface area contributed by atoms with Gasteiger partial charge in [-0.3, -0.25) is 9.59 Å². The average Bonchev–Trinajstić information content (AvgIpc) is 2.61. The molecular formula is C20H22ClN3O2. The lowest BCUT2D eigenvalue weighted by Gasteiger charge is -2.29. The number of nitrogens with one attached hydrogen (secondary N) is 2. The molecule has 0 radical (unpaired) electrons. The second kappa shape index (κ2) is 8.23. The summed E-state index contributed by atoms with van der Waals surface area (Å²) in [6, 6.07) is 13.6. The van der Waals surface area contributed by atoms with Gasteiger partial charge in [-0.2, -0.15) is 0 Å². The van der Waals surface area contributed by atoms with Gasteiger partial charge in [0.25, 0.3) is 0 Å². The topological polar surface area (TPSA) is 61.4 Å². The molecule has 0 spiro atoms. The van der Waals surface area contributed by atoms with Crippen molar-refractivity contribution in [1.82, 2.24) is 5.32 Å². The highest BCUT2D eigenvalue weighted by atomic mass is 35.5. The first kappa shape index (κ1) is 18.3. The Hall–Kier alpha value is -2.53. The Bertz CT molecular complexity index is 805. The number of rotatable bonds is 5. The molecule has 1 saturated heterocycles. The molecule has 136 valence electrons. The number of hydrogen-bond donors (Lipinski definition) is 2. The Kier molecular flexibility index (Phi) is 5.78. The quantitative estimate of drug-likeness (QED) is 0.848. The summed E-state index contributed by atoms with van der Waals surface area (Å²) in [7, 11) is 0. The number of carbonyl (C=O) groups excluding carboxylic acids is 2. The first-order chi connectivity index (χ1) is 12.5. The van der Waals surface area contributed by atoms with Gasteiger partial charge >= 0.3 is 0 Å². The molecule has 0 aliphatic carbocycles. The van der Waals surface area contributed by atoms with Crippen LogP contribution in [0.2, 0.25) is 5.02 Å². The lowest BCUT2D eigenvalue weighted by Crippen LogP contribution is -2.47. The number of piperazine rings is 1. The fourth-order valence-corrected chi connectivity index (χ4v) is 3.22. The maximum absolute atomic E-state index is 12.2. The summed E-state index contributed by atoms with van der Waals surface area (Å²) in [5, 5.41) is 6.19. The van der Waals surface area contributed by atoms with Gasteiger partial charge in [-0.25, -0.2) is 0 Å². The molecule has 1 aliphatic heterocycles. The maximum Gasteiger partial charge on any atom is 0.239 e. The van der Waals surface area contributed by atoms with E-state index in [1.54, 1.807) is 6.07 Å². The molecule has 1 aliphatic rings. The number of amides is 2. The molecule has 0 saturated carbocycles. The molecule has 2 amide bonds. The minimum Gasteiger partial charge on any atom is -0.359 e. The van der Waals surface area contributed by atoms with Gasteiger partial charge in [0.2, 0.25) is 11.8 Å². The number of halogens is 1. The second-order valence-corrected chi connectivity index (χ2v) is 6.88. The van der Waals surface area contributed by atoms with E-state index in [0.717, 1.165) is 11.3 Å². The van der Waals surface area contributed by atoms with E-state index in [1.807, 2.05) is 48.2 Å². The zero-order chi connectivity index (χ0) is 18.5. The minimum absolute atomic E-state index is 0.0131. The maximum atomic E-state index is 12.2. The molecular weight excluding hydrogens is 350 g/mol. The molecule has 0 unspecified atom stereocenters. The van der Waals surface area contributed by atoms with Crippen LogP contribution in [-0.2, 0) is 16.0 Å². The fraction of sp³-hybridized carbons (Fsp3) is 0.300. The Morgan fingerprint density at radius 2 is 2.00 bits per heavy atom. The summed E-state index contributed by atoms with van der Waals surface area (Å²) in [5.74, 6) is -0.0625. The van der Waals surface area contributed by atoms with Crippen LogP contribution in [0.5, 0.6) is 0 Å². The van der Waals surface area contributed by atoms with Gasteiger partial charge in [-0.1, -0.05) is 41.4 Å². The smallest absolute Gasteiger partial charge is 0.239 e. The Morgan fingerprint density at radius 1 is 1.23 bits per heavy atom. The molecule has 1 heterocycles. The summed E-state index contributed by atoms with van der Waals surface area (Å²) in [6.45, 7) is 3.66. The molecule has 5 nitrogen and oxygen atoms in total. The lowest BCUT2D eigenvalue weighted by molar-refractivity contribution is -0.120. The van der Waals surface area contributed by atoms with Crippen LogP contribution < -0.4 is 15.5 Å². The predicted molar refractivity (Wildman–Crippen MR) is 105 cm³/mol. The van der Waals surface area contributed by atoms with E-state index in [9.17, 15) is 9.59 Å². The summed E-state index contributed by atoms with van der Waals surface area (Å²) in [5.41, 5.74) is 3.81. The largest absolute Gasteiger partial charge is 0.359 e. The zero-order valence-electron chi connectivity index (χ0n) is 14.7. The first-order valence-electron chi connectivity index (χ1n) is 8.68. The van der Waals surface area contributed by atoms with Crippen molar-refractivity contribution < 1.29 is 9.59 Å². The number of hydrogen-bond acceptors (Lipinski definition) is 3. The highest BCUT2D eigenvalue weighted by Gasteiger charge is 2.18. The third-order valence-electron chi connectivity index (χ3n) is 4.37. The van der Waals surface area contributed by atoms with Gasteiger partial charge < -0.3 is 15.5 Å². The van der Waals surface area contributed by atoms with Crippen LogP contribution in [0.3, 0.4) is 0 Å². The van der Waals surface area contributed by atoms with Gasteiger partial charge in [-0.15, -0.1) is 0 Å². The van der Waals surface area contributed by atoms with E-state index in [4.69, 9.17) is 11.6 Å². The van der Waals surface area contributed by atoms with Crippen LogP contribution in [0.15, 0.2) is 42.5 Å². The van der Waals surface area contributed by atoms with Crippen LogP contribution in [0.25, 0.3) is 0 Å². The number of anilines is 2. The van der Waals surface area contributed by atoms with Crippen molar-refractivity contribution in [1.29, 1.82) is 0 Å². The van der Waals surface area contributed by atoms with E-state index < -0.39 is 0 Å². The Balaban J connectivity index is 1.57. The number of nitrogens with zero attached hydrogens (tertiary/aromatic N) is 1. The summed E-state index contributed by atoms with van der Waals surface area (Å²) < 4.78 is 0. The van der Waals surface area contributed by atoms with Gasteiger partial charge in [0.1, 0.15) is 0 Å². The third-order valence-corrected chi connectivity index (χ3v) is 4.67. The normalized spacial score (nSPS) is 14.1. The third kappa shape index (κ3) is 4.76. The first-order valence-corrected chi connectivity index (χ1v) is 9.05. The molecule has 6 heteroatoms. The number of carbonyl (C=O) groups is 2. The van der Waals surface area contributed by atoms with Crippen LogP contribution >= 0.6 is 11.6 Å². The Labute approximate surface area is 158 Å². The molecule has 0 aromatic heterocycles. The van der Waals surface area contributed by atoms with Crippen LogP contribution in [0, 0.1) is 6.92 Å². The molecule has 2 N–H and O–H groups in total. The monoisotopic (exact) mass is 371 g/mol. The van der Waals surface area contributed by atoms with Crippen molar-refractivity contribution in [3.8, 4) is 0 Å². The summed E-state index contributed by atoms with van der Waals surface area (Å²) >= 11 is 6.36. The molecule has 3 rings (SSSR count). The summed E-state index contributed by atoms with van der Waals surface area (Å²) in [6.07, 6.45) is 1.11. The van der Waals surface area contributed by atoms with E-state index in [2.05, 4.69) is 10.6 Å². The minimum atomic E-state index is -0.0493. The molecule has 0 bridgehead atoms. The molecule has 2 aromatic carbocycles. The average molecular weight is 372 g/mol. The van der Waals surface area contributed by atoms with E-state index in [1.165, 1.54) is 5.56 Å². The van der Waals surface area contributed by atoms with E-state index in [-0.39, 0.29) is 11.8 Å².